The number of amides is 1. The van der Waals surface area contributed by atoms with E-state index < -0.39 is 0 Å². The molecule has 0 aromatic heterocycles. The molecule has 1 amide bonds. The number of carbonyl (C=O) groups excluding carboxylic acids is 1. The first kappa shape index (κ1) is 11.5. The van der Waals surface area contributed by atoms with E-state index in [-0.39, 0.29) is 5.91 Å². The highest BCUT2D eigenvalue weighted by atomic mass is 16.1. The summed E-state index contributed by atoms with van der Waals surface area (Å²) >= 11 is 0. The summed E-state index contributed by atoms with van der Waals surface area (Å²) in [6.45, 7) is 8.65. The first-order valence-electron chi connectivity index (χ1n) is 5.45. The van der Waals surface area contributed by atoms with Crippen LogP contribution in [0.1, 0.15) is 19.8 Å². The molecule has 4 heteroatoms. The number of nitrogens with zero attached hydrogens (tertiary/aromatic N) is 2. The molecular formula is C10H21N3O. The maximum Gasteiger partial charge on any atom is 0.218 e. The van der Waals surface area contributed by atoms with Crippen molar-refractivity contribution in [3.8, 4) is 0 Å². The average molecular weight is 199 g/mol. The van der Waals surface area contributed by atoms with Crippen molar-refractivity contribution >= 4 is 5.91 Å². The molecule has 1 fully saturated rings. The van der Waals surface area contributed by atoms with Crippen LogP contribution in [0.2, 0.25) is 0 Å². The van der Waals surface area contributed by atoms with E-state index in [1.54, 1.807) is 0 Å². The number of piperazine rings is 1. The molecule has 1 aliphatic rings. The molecule has 1 heterocycles. The van der Waals surface area contributed by atoms with E-state index in [0.29, 0.717) is 6.42 Å². The van der Waals surface area contributed by atoms with Gasteiger partial charge in [0, 0.05) is 39.1 Å². The van der Waals surface area contributed by atoms with Crippen molar-refractivity contribution < 1.29 is 4.79 Å². The van der Waals surface area contributed by atoms with Crippen LogP contribution in [0.3, 0.4) is 0 Å². The molecule has 1 rings (SSSR count). The summed E-state index contributed by atoms with van der Waals surface area (Å²) < 4.78 is 0. The zero-order valence-electron chi connectivity index (χ0n) is 9.04. The Labute approximate surface area is 86.0 Å². The molecule has 0 aliphatic carbocycles. The second kappa shape index (κ2) is 5.98. The molecule has 0 spiro atoms. The summed E-state index contributed by atoms with van der Waals surface area (Å²) in [4.78, 5) is 15.4. The third-order valence-electron chi connectivity index (χ3n) is 2.68. The first-order chi connectivity index (χ1) is 6.72. The second-order valence-corrected chi connectivity index (χ2v) is 3.90. The van der Waals surface area contributed by atoms with Crippen LogP contribution in [0.15, 0.2) is 0 Å². The van der Waals surface area contributed by atoms with E-state index in [1.807, 2.05) is 0 Å². The number of rotatable bonds is 5. The smallest absolute Gasteiger partial charge is 0.218 e. The van der Waals surface area contributed by atoms with Gasteiger partial charge in [0.25, 0.3) is 0 Å². The van der Waals surface area contributed by atoms with Crippen molar-refractivity contribution in [2.24, 2.45) is 5.73 Å². The minimum Gasteiger partial charge on any atom is -0.370 e. The normalized spacial score (nSPS) is 19.8. The molecule has 0 aromatic carbocycles. The Kier molecular flexibility index (Phi) is 4.90. The van der Waals surface area contributed by atoms with Crippen molar-refractivity contribution in [3.63, 3.8) is 0 Å². The lowest BCUT2D eigenvalue weighted by Gasteiger charge is -2.34. The summed E-state index contributed by atoms with van der Waals surface area (Å²) in [5.41, 5.74) is 5.11. The molecule has 14 heavy (non-hydrogen) atoms. The highest BCUT2D eigenvalue weighted by Crippen LogP contribution is 2.02. The van der Waals surface area contributed by atoms with Gasteiger partial charge in [-0.3, -0.25) is 4.79 Å². The van der Waals surface area contributed by atoms with Crippen LogP contribution >= 0.6 is 0 Å². The van der Waals surface area contributed by atoms with Gasteiger partial charge in [-0.2, -0.15) is 0 Å². The molecule has 4 nitrogen and oxygen atoms in total. The van der Waals surface area contributed by atoms with Crippen LogP contribution in [0.4, 0.5) is 0 Å². The Bertz CT molecular complexity index is 176. The molecule has 1 saturated heterocycles. The fraction of sp³-hybridized carbons (Fsp3) is 0.900. The molecule has 0 bridgehead atoms. The Balaban J connectivity index is 2.12. The highest BCUT2D eigenvalue weighted by Gasteiger charge is 2.15. The van der Waals surface area contributed by atoms with Gasteiger partial charge in [-0.25, -0.2) is 0 Å². The topological polar surface area (TPSA) is 49.6 Å². The van der Waals surface area contributed by atoms with Gasteiger partial charge >= 0.3 is 0 Å². The molecular weight excluding hydrogens is 178 g/mol. The fourth-order valence-electron chi connectivity index (χ4n) is 1.82. The predicted molar refractivity (Wildman–Crippen MR) is 57.0 cm³/mol. The van der Waals surface area contributed by atoms with Gasteiger partial charge in [0.2, 0.25) is 5.91 Å². The number of primary amides is 1. The number of hydrogen-bond acceptors (Lipinski definition) is 3. The van der Waals surface area contributed by atoms with Gasteiger partial charge in [0.1, 0.15) is 0 Å². The zero-order valence-corrected chi connectivity index (χ0v) is 9.04. The van der Waals surface area contributed by atoms with Gasteiger partial charge in [0.15, 0.2) is 0 Å². The fourth-order valence-corrected chi connectivity index (χ4v) is 1.82. The SMILES string of the molecule is CCCN1CCN(CCC(N)=O)CC1. The van der Waals surface area contributed by atoms with Crippen LogP contribution in [0.25, 0.3) is 0 Å². The summed E-state index contributed by atoms with van der Waals surface area (Å²) in [6.07, 6.45) is 1.72. The Morgan fingerprint density at radius 1 is 1.14 bits per heavy atom. The van der Waals surface area contributed by atoms with Crippen LogP contribution in [0.5, 0.6) is 0 Å². The van der Waals surface area contributed by atoms with Crippen molar-refractivity contribution in [1.82, 2.24) is 9.80 Å². The van der Waals surface area contributed by atoms with E-state index in [2.05, 4.69) is 16.7 Å². The highest BCUT2D eigenvalue weighted by molar-refractivity contribution is 5.73. The molecule has 1 aliphatic heterocycles. The standard InChI is InChI=1S/C10H21N3O/c1-2-4-12-6-8-13(9-7-12)5-3-10(11)14/h2-9H2,1H3,(H2,11,14). The van der Waals surface area contributed by atoms with E-state index in [0.717, 1.165) is 32.7 Å². The maximum absolute atomic E-state index is 10.6. The minimum atomic E-state index is -0.194. The quantitative estimate of drug-likeness (QED) is 0.672. The van der Waals surface area contributed by atoms with Crippen molar-refractivity contribution in [3.05, 3.63) is 0 Å². The first-order valence-corrected chi connectivity index (χ1v) is 5.45. The Morgan fingerprint density at radius 2 is 1.64 bits per heavy atom. The molecule has 0 radical (unpaired) electrons. The van der Waals surface area contributed by atoms with Crippen molar-refractivity contribution in [2.45, 2.75) is 19.8 Å². The predicted octanol–water partition coefficient (Wildman–Crippen LogP) is -0.111. The third-order valence-corrected chi connectivity index (χ3v) is 2.68. The summed E-state index contributed by atoms with van der Waals surface area (Å²) in [5, 5.41) is 0. The lowest BCUT2D eigenvalue weighted by molar-refractivity contribution is -0.118. The Morgan fingerprint density at radius 3 is 2.07 bits per heavy atom. The molecule has 0 saturated carbocycles. The maximum atomic E-state index is 10.6. The summed E-state index contributed by atoms with van der Waals surface area (Å²) in [7, 11) is 0. The van der Waals surface area contributed by atoms with Crippen molar-refractivity contribution in [2.75, 3.05) is 39.3 Å². The average Bonchev–Trinajstić information content (AvgIpc) is 2.17. The van der Waals surface area contributed by atoms with Crippen LogP contribution in [-0.2, 0) is 4.79 Å². The molecule has 2 N–H and O–H groups in total. The summed E-state index contributed by atoms with van der Waals surface area (Å²) in [5.74, 6) is -0.194. The molecule has 82 valence electrons. The van der Waals surface area contributed by atoms with Gasteiger partial charge in [0.05, 0.1) is 0 Å². The van der Waals surface area contributed by atoms with Crippen LogP contribution in [0, 0.1) is 0 Å². The lowest BCUT2D eigenvalue weighted by atomic mass is 10.2. The lowest BCUT2D eigenvalue weighted by Crippen LogP contribution is -2.47. The monoisotopic (exact) mass is 199 g/mol. The van der Waals surface area contributed by atoms with Gasteiger partial charge in [-0.15, -0.1) is 0 Å². The van der Waals surface area contributed by atoms with Crippen LogP contribution in [-0.4, -0.2) is 55.0 Å². The Hall–Kier alpha value is -0.610. The number of hydrogen-bond donors (Lipinski definition) is 1. The van der Waals surface area contributed by atoms with Gasteiger partial charge in [-0.1, -0.05) is 6.92 Å². The largest absolute Gasteiger partial charge is 0.370 e. The van der Waals surface area contributed by atoms with E-state index in [1.165, 1.54) is 13.0 Å². The minimum absolute atomic E-state index is 0.194. The third kappa shape index (κ3) is 4.07. The number of nitrogens with two attached hydrogens (primary N) is 1. The second-order valence-electron chi connectivity index (χ2n) is 3.90. The van der Waals surface area contributed by atoms with E-state index in [4.69, 9.17) is 5.73 Å². The van der Waals surface area contributed by atoms with Crippen LogP contribution < -0.4 is 5.73 Å². The summed E-state index contributed by atoms with van der Waals surface area (Å²) in [6, 6.07) is 0. The van der Waals surface area contributed by atoms with Crippen molar-refractivity contribution in [1.29, 1.82) is 0 Å². The van der Waals surface area contributed by atoms with E-state index in [9.17, 15) is 4.79 Å². The zero-order chi connectivity index (χ0) is 10.4. The molecule has 0 unspecified atom stereocenters. The van der Waals surface area contributed by atoms with Gasteiger partial charge < -0.3 is 15.5 Å². The molecule has 0 aromatic rings. The number of carbonyl (C=O) groups is 1. The molecule has 0 atom stereocenters. The van der Waals surface area contributed by atoms with Gasteiger partial charge in [-0.05, 0) is 13.0 Å². The van der Waals surface area contributed by atoms with E-state index >= 15 is 0 Å².